The number of benzene rings is 2. The fourth-order valence-corrected chi connectivity index (χ4v) is 7.75. The molecule has 2 N–H and O–H groups in total. The molecular formula is C30H32N4O2. The molecule has 6 rings (SSSR count). The van der Waals surface area contributed by atoms with Gasteiger partial charge in [-0.1, -0.05) is 24.3 Å². The Labute approximate surface area is 212 Å². The molecule has 2 amide bonds. The van der Waals surface area contributed by atoms with Crippen LogP contribution in [0.5, 0.6) is 0 Å². The monoisotopic (exact) mass is 480 g/mol. The summed E-state index contributed by atoms with van der Waals surface area (Å²) in [6.45, 7) is 0. The lowest BCUT2D eigenvalue weighted by Crippen LogP contribution is -2.53. The van der Waals surface area contributed by atoms with Gasteiger partial charge in [-0.15, -0.1) is 0 Å². The van der Waals surface area contributed by atoms with Crippen molar-refractivity contribution in [2.75, 3.05) is 10.6 Å². The number of carbonyl (C=O) groups excluding carboxylic acids is 2. The van der Waals surface area contributed by atoms with E-state index in [9.17, 15) is 9.59 Å². The molecule has 6 nitrogen and oxygen atoms in total. The van der Waals surface area contributed by atoms with Crippen molar-refractivity contribution >= 4 is 23.2 Å². The summed E-state index contributed by atoms with van der Waals surface area (Å²) in [4.78, 5) is 26.2. The lowest BCUT2D eigenvalue weighted by Gasteiger charge is -2.62. The molecule has 4 fully saturated rings. The van der Waals surface area contributed by atoms with E-state index < -0.39 is 0 Å². The van der Waals surface area contributed by atoms with Gasteiger partial charge in [0.1, 0.15) is 0 Å². The molecule has 0 aromatic heterocycles. The lowest BCUT2D eigenvalue weighted by molar-refractivity contribution is -0.142. The Bertz CT molecular complexity index is 1110. The molecule has 0 heterocycles. The highest BCUT2D eigenvalue weighted by atomic mass is 16.2. The number of hydrogen-bond donors (Lipinski definition) is 2. The second kappa shape index (κ2) is 9.78. The van der Waals surface area contributed by atoms with Gasteiger partial charge < -0.3 is 10.6 Å². The van der Waals surface area contributed by atoms with Crippen molar-refractivity contribution in [2.45, 2.75) is 64.2 Å². The third kappa shape index (κ3) is 5.29. The zero-order valence-corrected chi connectivity index (χ0v) is 20.6. The van der Waals surface area contributed by atoms with Gasteiger partial charge in [-0.2, -0.15) is 10.5 Å². The Morgan fingerprint density at radius 3 is 1.47 bits per heavy atom. The molecule has 6 heteroatoms. The van der Waals surface area contributed by atoms with E-state index in [1.807, 2.05) is 48.5 Å². The van der Waals surface area contributed by atoms with Crippen LogP contribution < -0.4 is 10.6 Å². The van der Waals surface area contributed by atoms with E-state index in [1.54, 1.807) is 0 Å². The summed E-state index contributed by atoms with van der Waals surface area (Å²) in [5.74, 6) is 1.29. The number of hydrogen-bond acceptors (Lipinski definition) is 4. The summed E-state index contributed by atoms with van der Waals surface area (Å²) in [7, 11) is 0. The van der Waals surface area contributed by atoms with Crippen LogP contribution in [0.4, 0.5) is 11.4 Å². The number of nitriles is 2. The van der Waals surface area contributed by atoms with Crippen LogP contribution in [0.3, 0.4) is 0 Å². The second-order valence-electron chi connectivity index (χ2n) is 11.5. The third-order valence-corrected chi connectivity index (χ3v) is 8.42. The van der Waals surface area contributed by atoms with Crippen molar-refractivity contribution in [2.24, 2.45) is 22.7 Å². The zero-order chi connectivity index (χ0) is 25.2. The highest BCUT2D eigenvalue weighted by Crippen LogP contribution is 2.67. The maximum Gasteiger partial charge on any atom is 0.224 e. The molecule has 4 aliphatic carbocycles. The van der Waals surface area contributed by atoms with E-state index in [-0.39, 0.29) is 22.6 Å². The number of nitrogens with zero attached hydrogens (tertiary/aromatic N) is 2. The summed E-state index contributed by atoms with van der Waals surface area (Å²) in [5.41, 5.74) is 3.37. The maximum atomic E-state index is 13.1. The summed E-state index contributed by atoms with van der Waals surface area (Å²) in [6.07, 6.45) is 8.24. The molecule has 184 valence electrons. The quantitative estimate of drug-likeness (QED) is 0.501. The van der Waals surface area contributed by atoms with Gasteiger partial charge >= 0.3 is 0 Å². The van der Waals surface area contributed by atoms with Crippen molar-refractivity contribution in [3.05, 3.63) is 59.7 Å². The van der Waals surface area contributed by atoms with Crippen molar-refractivity contribution < 1.29 is 9.59 Å². The van der Waals surface area contributed by atoms with E-state index in [0.29, 0.717) is 37.5 Å². The largest absolute Gasteiger partial charge is 0.326 e. The van der Waals surface area contributed by atoms with Gasteiger partial charge in [0.05, 0.1) is 25.0 Å². The predicted molar refractivity (Wildman–Crippen MR) is 138 cm³/mol. The van der Waals surface area contributed by atoms with Crippen LogP contribution in [-0.4, -0.2) is 11.8 Å². The average molecular weight is 481 g/mol. The SMILES string of the molecule is N#CCc1ccc(NC(=O)CC23CC4CC(C2)CC(CC(=O)Nc2ccc(CC#N)cc2)(C4)C3)cc1. The molecular weight excluding hydrogens is 448 g/mol. The first-order chi connectivity index (χ1) is 17.4. The molecule has 4 aliphatic rings. The first-order valence-electron chi connectivity index (χ1n) is 12.9. The van der Waals surface area contributed by atoms with Gasteiger partial charge in [0.2, 0.25) is 11.8 Å². The van der Waals surface area contributed by atoms with E-state index in [2.05, 4.69) is 22.8 Å². The van der Waals surface area contributed by atoms with Crippen LogP contribution in [0.15, 0.2) is 48.5 Å². The number of amides is 2. The Hall–Kier alpha value is -3.64. The lowest BCUT2D eigenvalue weighted by atomic mass is 9.43. The molecule has 36 heavy (non-hydrogen) atoms. The van der Waals surface area contributed by atoms with Crippen LogP contribution in [0.2, 0.25) is 0 Å². The van der Waals surface area contributed by atoms with Gasteiger partial charge in [0, 0.05) is 24.2 Å². The van der Waals surface area contributed by atoms with Crippen LogP contribution in [0, 0.1) is 45.3 Å². The number of carbonyl (C=O) groups is 2. The van der Waals surface area contributed by atoms with Crippen molar-refractivity contribution in [3.63, 3.8) is 0 Å². The molecule has 4 saturated carbocycles. The molecule has 0 saturated heterocycles. The Kier molecular flexibility index (Phi) is 6.54. The van der Waals surface area contributed by atoms with Gasteiger partial charge in [0.15, 0.2) is 0 Å². The fraction of sp³-hybridized carbons (Fsp3) is 0.467. The Morgan fingerprint density at radius 1 is 0.722 bits per heavy atom. The van der Waals surface area contributed by atoms with E-state index in [0.717, 1.165) is 54.6 Å². The van der Waals surface area contributed by atoms with Gasteiger partial charge in [-0.05, 0) is 96.6 Å². The summed E-state index contributed by atoms with van der Waals surface area (Å²) >= 11 is 0. The zero-order valence-electron chi connectivity index (χ0n) is 20.6. The van der Waals surface area contributed by atoms with Gasteiger partial charge in [-0.3, -0.25) is 9.59 Å². The van der Waals surface area contributed by atoms with Crippen LogP contribution in [-0.2, 0) is 22.4 Å². The number of anilines is 2. The van der Waals surface area contributed by atoms with Crippen LogP contribution >= 0.6 is 0 Å². The Balaban J connectivity index is 1.23. The smallest absolute Gasteiger partial charge is 0.224 e. The standard InChI is InChI=1S/C30H32N4O2/c31-11-9-21-1-5-25(6-2-21)33-27(35)18-29-14-23-13-24(15-29)17-30(16-23,20-29)19-28(36)34-26-7-3-22(4-8-26)10-12-32/h1-8,23-24H,9-10,13-20H2,(H,33,35)(H,34,36). The molecule has 0 unspecified atom stereocenters. The minimum absolute atomic E-state index is 0.0197. The molecule has 2 aromatic rings. The molecule has 0 atom stereocenters. The first-order valence-corrected chi connectivity index (χ1v) is 12.9. The minimum atomic E-state index is -0.0197. The molecule has 4 bridgehead atoms. The number of rotatable bonds is 8. The minimum Gasteiger partial charge on any atom is -0.326 e. The summed E-state index contributed by atoms with van der Waals surface area (Å²) in [6, 6.07) is 19.3. The maximum absolute atomic E-state index is 13.1. The molecule has 0 radical (unpaired) electrons. The highest BCUT2D eigenvalue weighted by Gasteiger charge is 2.58. The van der Waals surface area contributed by atoms with Gasteiger partial charge in [0.25, 0.3) is 0 Å². The van der Waals surface area contributed by atoms with Crippen molar-refractivity contribution in [1.29, 1.82) is 10.5 Å². The predicted octanol–water partition coefficient (Wildman–Crippen LogP) is 5.76. The third-order valence-electron chi connectivity index (χ3n) is 8.42. The molecule has 2 aromatic carbocycles. The molecule has 0 aliphatic heterocycles. The van der Waals surface area contributed by atoms with Crippen LogP contribution in [0.1, 0.15) is 62.5 Å². The van der Waals surface area contributed by atoms with Crippen LogP contribution in [0.25, 0.3) is 0 Å². The summed E-state index contributed by atoms with van der Waals surface area (Å²) < 4.78 is 0. The molecule has 0 spiro atoms. The average Bonchev–Trinajstić information content (AvgIpc) is 2.80. The first kappa shape index (κ1) is 24.1. The van der Waals surface area contributed by atoms with Crippen molar-refractivity contribution in [3.8, 4) is 12.1 Å². The van der Waals surface area contributed by atoms with E-state index in [1.165, 1.54) is 6.42 Å². The Morgan fingerprint density at radius 2 is 1.11 bits per heavy atom. The normalized spacial score (nSPS) is 27.6. The summed E-state index contributed by atoms with van der Waals surface area (Å²) in [5, 5.41) is 23.8. The van der Waals surface area contributed by atoms with Crippen molar-refractivity contribution in [1.82, 2.24) is 0 Å². The highest BCUT2D eigenvalue weighted by molar-refractivity contribution is 5.92. The fourth-order valence-electron chi connectivity index (χ4n) is 7.75. The number of nitrogens with one attached hydrogen (secondary N) is 2. The van der Waals surface area contributed by atoms with Gasteiger partial charge in [-0.25, -0.2) is 0 Å². The van der Waals surface area contributed by atoms with E-state index >= 15 is 0 Å². The van der Waals surface area contributed by atoms with E-state index in [4.69, 9.17) is 10.5 Å². The topological polar surface area (TPSA) is 106 Å². The second-order valence-corrected chi connectivity index (χ2v) is 11.5.